The number of methoxy groups -OCH3 is 2. The summed E-state index contributed by atoms with van der Waals surface area (Å²) >= 11 is 0. The molecule has 1 atom stereocenters. The highest BCUT2D eigenvalue weighted by atomic mass is 32.2. The number of hydrogen-bond acceptors (Lipinski definition) is 5. The predicted molar refractivity (Wildman–Crippen MR) is 102 cm³/mol. The molecule has 27 heavy (non-hydrogen) atoms. The van der Waals surface area contributed by atoms with Crippen molar-refractivity contribution in [1.29, 1.82) is 0 Å². The van der Waals surface area contributed by atoms with Gasteiger partial charge < -0.3 is 14.8 Å². The first-order valence-electron chi connectivity index (χ1n) is 8.43. The predicted octanol–water partition coefficient (Wildman–Crippen LogP) is 2.25. The van der Waals surface area contributed by atoms with Crippen molar-refractivity contribution in [3.63, 3.8) is 0 Å². The second-order valence-corrected chi connectivity index (χ2v) is 7.62. The van der Waals surface area contributed by atoms with Crippen LogP contribution in [0.25, 0.3) is 0 Å². The molecular formula is C19H24N2O5S. The van der Waals surface area contributed by atoms with Crippen molar-refractivity contribution >= 4 is 15.9 Å². The Morgan fingerprint density at radius 2 is 1.78 bits per heavy atom. The van der Waals surface area contributed by atoms with Crippen molar-refractivity contribution in [2.24, 2.45) is 0 Å². The second-order valence-electron chi connectivity index (χ2n) is 5.86. The van der Waals surface area contributed by atoms with E-state index in [0.29, 0.717) is 11.5 Å². The third kappa shape index (κ3) is 5.70. The molecule has 2 aromatic rings. The van der Waals surface area contributed by atoms with Gasteiger partial charge >= 0.3 is 0 Å². The van der Waals surface area contributed by atoms with E-state index in [1.54, 1.807) is 50.6 Å². The van der Waals surface area contributed by atoms with Crippen LogP contribution in [0.5, 0.6) is 11.5 Å². The summed E-state index contributed by atoms with van der Waals surface area (Å²) < 4.78 is 37.2. The fraction of sp³-hybridized carbons (Fsp3) is 0.316. The number of amides is 1. The highest BCUT2D eigenvalue weighted by Gasteiger charge is 2.17. The maximum absolute atomic E-state index is 12.2. The van der Waals surface area contributed by atoms with E-state index in [0.717, 1.165) is 5.56 Å². The minimum absolute atomic E-state index is 0.00499. The highest BCUT2D eigenvalue weighted by Crippen LogP contribution is 2.29. The molecule has 0 aliphatic carbocycles. The van der Waals surface area contributed by atoms with Crippen LogP contribution in [0.1, 0.15) is 24.9 Å². The van der Waals surface area contributed by atoms with Gasteiger partial charge in [-0.25, -0.2) is 13.1 Å². The SMILES string of the molecule is COc1ccc(OC)c([C@H](C)NC(=O)CCNS(=O)(=O)c2ccccc2)c1. The lowest BCUT2D eigenvalue weighted by Crippen LogP contribution is -2.32. The van der Waals surface area contributed by atoms with Crippen LogP contribution in [0, 0.1) is 0 Å². The van der Waals surface area contributed by atoms with Crippen LogP contribution in [-0.2, 0) is 14.8 Å². The minimum atomic E-state index is -3.62. The van der Waals surface area contributed by atoms with Crippen LogP contribution in [0.3, 0.4) is 0 Å². The van der Waals surface area contributed by atoms with Crippen molar-refractivity contribution in [2.75, 3.05) is 20.8 Å². The molecule has 1 amide bonds. The third-order valence-electron chi connectivity index (χ3n) is 3.98. The average molecular weight is 392 g/mol. The zero-order valence-electron chi connectivity index (χ0n) is 15.6. The van der Waals surface area contributed by atoms with Gasteiger partial charge in [0.05, 0.1) is 25.2 Å². The van der Waals surface area contributed by atoms with Gasteiger partial charge in [0.25, 0.3) is 0 Å². The first-order chi connectivity index (χ1) is 12.9. The Balaban J connectivity index is 1.92. The molecule has 0 radical (unpaired) electrons. The minimum Gasteiger partial charge on any atom is -0.497 e. The second kappa shape index (κ2) is 9.38. The zero-order valence-corrected chi connectivity index (χ0v) is 16.4. The number of hydrogen-bond donors (Lipinski definition) is 2. The lowest BCUT2D eigenvalue weighted by molar-refractivity contribution is -0.121. The quantitative estimate of drug-likeness (QED) is 0.683. The highest BCUT2D eigenvalue weighted by molar-refractivity contribution is 7.89. The van der Waals surface area contributed by atoms with E-state index in [9.17, 15) is 13.2 Å². The first-order valence-corrected chi connectivity index (χ1v) is 9.91. The molecule has 0 aliphatic rings. The summed E-state index contributed by atoms with van der Waals surface area (Å²) in [5.41, 5.74) is 0.773. The van der Waals surface area contributed by atoms with E-state index in [-0.39, 0.29) is 29.8 Å². The summed E-state index contributed by atoms with van der Waals surface area (Å²) in [4.78, 5) is 12.4. The van der Waals surface area contributed by atoms with E-state index in [1.807, 2.05) is 6.92 Å². The molecule has 0 aliphatic heterocycles. The maximum atomic E-state index is 12.2. The van der Waals surface area contributed by atoms with Crippen molar-refractivity contribution in [2.45, 2.75) is 24.3 Å². The molecule has 8 heteroatoms. The normalized spacial score (nSPS) is 12.3. The molecular weight excluding hydrogens is 368 g/mol. The van der Waals surface area contributed by atoms with E-state index in [4.69, 9.17) is 9.47 Å². The van der Waals surface area contributed by atoms with Crippen molar-refractivity contribution in [1.82, 2.24) is 10.0 Å². The first kappa shape index (κ1) is 20.7. The lowest BCUT2D eigenvalue weighted by atomic mass is 10.1. The number of benzene rings is 2. The molecule has 146 valence electrons. The molecule has 0 saturated heterocycles. The van der Waals surface area contributed by atoms with Gasteiger partial charge in [-0.3, -0.25) is 4.79 Å². The zero-order chi connectivity index (χ0) is 19.9. The molecule has 0 aromatic heterocycles. The molecule has 2 aromatic carbocycles. The Hall–Kier alpha value is -2.58. The molecule has 0 fully saturated rings. The molecule has 7 nitrogen and oxygen atoms in total. The number of ether oxygens (including phenoxy) is 2. The van der Waals surface area contributed by atoms with Crippen LogP contribution in [0.2, 0.25) is 0 Å². The van der Waals surface area contributed by atoms with Crippen LogP contribution < -0.4 is 19.5 Å². The van der Waals surface area contributed by atoms with E-state index < -0.39 is 10.0 Å². The largest absolute Gasteiger partial charge is 0.497 e. The Labute approximate surface area is 159 Å². The molecule has 0 spiro atoms. The summed E-state index contributed by atoms with van der Waals surface area (Å²) in [5, 5.41) is 2.84. The maximum Gasteiger partial charge on any atom is 0.240 e. The van der Waals surface area contributed by atoms with Crippen molar-refractivity contribution < 1.29 is 22.7 Å². The fourth-order valence-corrected chi connectivity index (χ4v) is 3.60. The van der Waals surface area contributed by atoms with E-state index in [1.165, 1.54) is 12.1 Å². The lowest BCUT2D eigenvalue weighted by Gasteiger charge is -2.18. The Morgan fingerprint density at radius 1 is 1.07 bits per heavy atom. The summed E-state index contributed by atoms with van der Waals surface area (Å²) in [6, 6.07) is 13.0. The van der Waals surface area contributed by atoms with E-state index in [2.05, 4.69) is 10.0 Å². The number of rotatable bonds is 9. The van der Waals surface area contributed by atoms with Gasteiger partial charge in [-0.2, -0.15) is 0 Å². The fourth-order valence-electron chi connectivity index (χ4n) is 2.55. The Kier molecular flexibility index (Phi) is 7.20. The van der Waals surface area contributed by atoms with Gasteiger partial charge in [-0.15, -0.1) is 0 Å². The number of carbonyl (C=O) groups excluding carboxylic acids is 1. The van der Waals surface area contributed by atoms with Gasteiger partial charge in [0, 0.05) is 18.5 Å². The monoisotopic (exact) mass is 392 g/mol. The van der Waals surface area contributed by atoms with Gasteiger partial charge in [0.15, 0.2) is 0 Å². The van der Waals surface area contributed by atoms with Crippen LogP contribution in [0.4, 0.5) is 0 Å². The third-order valence-corrected chi connectivity index (χ3v) is 5.46. The summed E-state index contributed by atoms with van der Waals surface area (Å²) in [7, 11) is -0.506. The van der Waals surface area contributed by atoms with Gasteiger partial charge in [-0.1, -0.05) is 18.2 Å². The van der Waals surface area contributed by atoms with Crippen molar-refractivity contribution in [3.8, 4) is 11.5 Å². The Bertz CT molecular complexity index is 869. The van der Waals surface area contributed by atoms with Gasteiger partial charge in [0.1, 0.15) is 11.5 Å². The van der Waals surface area contributed by atoms with Crippen LogP contribution in [-0.4, -0.2) is 35.1 Å². The van der Waals surface area contributed by atoms with Crippen LogP contribution in [0.15, 0.2) is 53.4 Å². The molecule has 0 unspecified atom stereocenters. The van der Waals surface area contributed by atoms with Gasteiger partial charge in [-0.05, 0) is 37.3 Å². The molecule has 0 saturated carbocycles. The molecule has 2 rings (SSSR count). The summed E-state index contributed by atoms with van der Waals surface area (Å²) in [6.45, 7) is 1.83. The van der Waals surface area contributed by atoms with Gasteiger partial charge in [0.2, 0.25) is 15.9 Å². The van der Waals surface area contributed by atoms with E-state index >= 15 is 0 Å². The summed E-state index contributed by atoms with van der Waals surface area (Å²) in [6.07, 6.45) is 0.0166. The number of carbonyl (C=O) groups is 1. The Morgan fingerprint density at radius 3 is 2.41 bits per heavy atom. The average Bonchev–Trinajstić information content (AvgIpc) is 2.67. The molecule has 0 bridgehead atoms. The van der Waals surface area contributed by atoms with Crippen molar-refractivity contribution in [3.05, 3.63) is 54.1 Å². The number of nitrogens with one attached hydrogen (secondary N) is 2. The summed E-state index contributed by atoms with van der Waals surface area (Å²) in [5.74, 6) is 1.01. The molecule has 0 heterocycles. The van der Waals surface area contributed by atoms with Crippen LogP contribution >= 0.6 is 0 Å². The molecule has 2 N–H and O–H groups in total. The standard InChI is InChI=1S/C19H24N2O5S/c1-14(17-13-15(25-2)9-10-18(17)26-3)21-19(22)11-12-20-27(23,24)16-7-5-4-6-8-16/h4-10,13-14,20H,11-12H2,1-3H3,(H,21,22)/t14-/m0/s1. The topological polar surface area (TPSA) is 93.7 Å². The smallest absolute Gasteiger partial charge is 0.240 e. The number of sulfonamides is 1.